The van der Waals surface area contributed by atoms with Gasteiger partial charge in [-0.1, -0.05) is 11.6 Å². The lowest BCUT2D eigenvalue weighted by Crippen LogP contribution is -2.12. The Bertz CT molecular complexity index is 738. The lowest BCUT2D eigenvalue weighted by atomic mass is 10.2. The maximum atomic E-state index is 13.0. The highest BCUT2D eigenvalue weighted by molar-refractivity contribution is 6.32. The molecule has 2 aromatic rings. The quantitative estimate of drug-likeness (QED) is 0.875. The molecule has 4 nitrogen and oxygen atoms in total. The van der Waals surface area contributed by atoms with Gasteiger partial charge in [0.1, 0.15) is 5.82 Å². The number of hydrogen-bond donors (Lipinski definition) is 1. The van der Waals surface area contributed by atoms with Crippen molar-refractivity contribution >= 4 is 17.4 Å². The molecule has 1 N–H and O–H groups in total. The van der Waals surface area contributed by atoms with Gasteiger partial charge in [0, 0.05) is 19.2 Å². The Hall–Kier alpha value is -2.15. The number of anilines is 1. The Morgan fingerprint density at radius 2 is 2.00 bits per heavy atom. The summed E-state index contributed by atoms with van der Waals surface area (Å²) in [6.07, 6.45) is -2.43. The van der Waals surface area contributed by atoms with Crippen LogP contribution in [0.3, 0.4) is 0 Å². The van der Waals surface area contributed by atoms with Crippen molar-refractivity contribution in [3.8, 4) is 11.5 Å². The Morgan fingerprint density at radius 1 is 1.21 bits per heavy atom. The van der Waals surface area contributed by atoms with Gasteiger partial charge in [-0.3, -0.25) is 0 Å². The SMILES string of the molecule is FC(F)(F)c1cccnc1NCc1cc(Cl)c2c(c1)OCCCO2. The van der Waals surface area contributed by atoms with E-state index in [1.165, 1.54) is 12.3 Å². The molecule has 0 atom stereocenters. The fourth-order valence-corrected chi connectivity index (χ4v) is 2.63. The Kier molecular flexibility index (Phi) is 4.71. The summed E-state index contributed by atoms with van der Waals surface area (Å²) in [6.45, 7) is 1.13. The van der Waals surface area contributed by atoms with Crippen molar-refractivity contribution in [3.63, 3.8) is 0 Å². The van der Waals surface area contributed by atoms with Crippen LogP contribution in [0.1, 0.15) is 17.5 Å². The zero-order chi connectivity index (χ0) is 17.2. The molecule has 8 heteroatoms. The first kappa shape index (κ1) is 16.7. The zero-order valence-electron chi connectivity index (χ0n) is 12.5. The summed E-state index contributed by atoms with van der Waals surface area (Å²) >= 11 is 6.18. The second-order valence-electron chi connectivity index (χ2n) is 5.21. The lowest BCUT2D eigenvalue weighted by Gasteiger charge is -2.15. The summed E-state index contributed by atoms with van der Waals surface area (Å²) in [5, 5.41) is 3.06. The van der Waals surface area contributed by atoms with Gasteiger partial charge in [-0.15, -0.1) is 0 Å². The van der Waals surface area contributed by atoms with Crippen molar-refractivity contribution in [1.82, 2.24) is 4.98 Å². The molecule has 0 aliphatic carbocycles. The average molecular weight is 359 g/mol. The molecule has 128 valence electrons. The molecule has 1 aliphatic rings. The summed E-state index contributed by atoms with van der Waals surface area (Å²) in [7, 11) is 0. The van der Waals surface area contributed by atoms with Gasteiger partial charge in [-0.25, -0.2) is 4.98 Å². The number of aromatic nitrogens is 1. The molecule has 24 heavy (non-hydrogen) atoms. The van der Waals surface area contributed by atoms with E-state index in [-0.39, 0.29) is 12.4 Å². The van der Waals surface area contributed by atoms with Crippen LogP contribution in [0.4, 0.5) is 19.0 Å². The molecule has 0 fully saturated rings. The van der Waals surface area contributed by atoms with Gasteiger partial charge in [-0.2, -0.15) is 13.2 Å². The predicted molar refractivity (Wildman–Crippen MR) is 83.6 cm³/mol. The molecule has 1 aromatic heterocycles. The van der Waals surface area contributed by atoms with E-state index in [1.54, 1.807) is 12.1 Å². The third-order valence-corrected chi connectivity index (χ3v) is 3.72. The van der Waals surface area contributed by atoms with Gasteiger partial charge < -0.3 is 14.8 Å². The molecule has 0 saturated carbocycles. The normalized spacial score (nSPS) is 14.2. The van der Waals surface area contributed by atoms with Crippen LogP contribution in [0.5, 0.6) is 11.5 Å². The fraction of sp³-hybridized carbons (Fsp3) is 0.312. The Balaban J connectivity index is 1.81. The monoisotopic (exact) mass is 358 g/mol. The Labute approximate surface area is 141 Å². The number of ether oxygens (including phenoxy) is 2. The van der Waals surface area contributed by atoms with Crippen LogP contribution in [0, 0.1) is 0 Å². The maximum Gasteiger partial charge on any atom is 0.419 e. The molecule has 3 rings (SSSR count). The van der Waals surface area contributed by atoms with E-state index in [1.807, 2.05) is 0 Å². The van der Waals surface area contributed by atoms with E-state index in [2.05, 4.69) is 10.3 Å². The number of alkyl halides is 3. The highest BCUT2D eigenvalue weighted by atomic mass is 35.5. The highest BCUT2D eigenvalue weighted by Gasteiger charge is 2.34. The largest absolute Gasteiger partial charge is 0.489 e. The number of halogens is 4. The van der Waals surface area contributed by atoms with E-state index in [0.29, 0.717) is 35.3 Å². The highest BCUT2D eigenvalue weighted by Crippen LogP contribution is 2.38. The number of nitrogens with zero attached hydrogens (tertiary/aromatic N) is 1. The predicted octanol–water partition coefficient (Wildman–Crippen LogP) is 4.53. The van der Waals surface area contributed by atoms with Crippen LogP contribution >= 0.6 is 11.6 Å². The van der Waals surface area contributed by atoms with E-state index in [0.717, 1.165) is 12.5 Å². The molecular weight excluding hydrogens is 345 g/mol. The van der Waals surface area contributed by atoms with Crippen molar-refractivity contribution < 1.29 is 22.6 Å². The number of pyridine rings is 1. The van der Waals surface area contributed by atoms with Crippen molar-refractivity contribution in [3.05, 3.63) is 46.6 Å². The van der Waals surface area contributed by atoms with Crippen molar-refractivity contribution in [2.45, 2.75) is 19.1 Å². The second-order valence-corrected chi connectivity index (χ2v) is 5.61. The summed E-state index contributed by atoms with van der Waals surface area (Å²) in [4.78, 5) is 3.77. The van der Waals surface area contributed by atoms with Gasteiger partial charge in [0.05, 0.1) is 23.8 Å². The molecule has 0 radical (unpaired) electrons. The summed E-state index contributed by atoms with van der Waals surface area (Å²) < 4.78 is 50.0. The molecule has 1 aliphatic heterocycles. The lowest BCUT2D eigenvalue weighted by molar-refractivity contribution is -0.137. The van der Waals surface area contributed by atoms with Crippen LogP contribution in [0.15, 0.2) is 30.5 Å². The third kappa shape index (κ3) is 3.67. The molecule has 0 unspecified atom stereocenters. The average Bonchev–Trinajstić information content (AvgIpc) is 2.78. The zero-order valence-corrected chi connectivity index (χ0v) is 13.2. The molecular formula is C16H14ClF3N2O2. The maximum absolute atomic E-state index is 13.0. The molecule has 0 bridgehead atoms. The second kappa shape index (κ2) is 6.76. The molecule has 0 spiro atoms. The molecule has 2 heterocycles. The van der Waals surface area contributed by atoms with E-state index >= 15 is 0 Å². The van der Waals surface area contributed by atoms with Crippen molar-refractivity contribution in [2.75, 3.05) is 18.5 Å². The fourth-order valence-electron chi connectivity index (χ4n) is 2.35. The first-order valence-electron chi connectivity index (χ1n) is 7.29. The van der Waals surface area contributed by atoms with Gasteiger partial charge in [-0.05, 0) is 29.8 Å². The summed E-state index contributed by atoms with van der Waals surface area (Å²) in [6, 6.07) is 5.57. The number of rotatable bonds is 3. The number of nitrogens with one attached hydrogen (secondary N) is 1. The van der Waals surface area contributed by atoms with Crippen LogP contribution < -0.4 is 14.8 Å². The van der Waals surface area contributed by atoms with Crippen molar-refractivity contribution in [2.24, 2.45) is 0 Å². The molecule has 1 aromatic carbocycles. The first-order chi connectivity index (χ1) is 11.4. The van der Waals surface area contributed by atoms with Crippen molar-refractivity contribution in [1.29, 1.82) is 0 Å². The van der Waals surface area contributed by atoms with Crippen LogP contribution in [0.2, 0.25) is 5.02 Å². The first-order valence-corrected chi connectivity index (χ1v) is 7.67. The van der Waals surface area contributed by atoms with Gasteiger partial charge >= 0.3 is 6.18 Å². The number of fused-ring (bicyclic) bond motifs is 1. The number of benzene rings is 1. The summed E-state index contributed by atoms with van der Waals surface area (Å²) in [5.74, 6) is 0.730. The smallest absolute Gasteiger partial charge is 0.419 e. The van der Waals surface area contributed by atoms with E-state index in [4.69, 9.17) is 21.1 Å². The molecule has 0 saturated heterocycles. The van der Waals surface area contributed by atoms with Gasteiger partial charge in [0.2, 0.25) is 0 Å². The van der Waals surface area contributed by atoms with Gasteiger partial charge in [0.25, 0.3) is 0 Å². The van der Waals surface area contributed by atoms with Crippen LogP contribution in [0.25, 0.3) is 0 Å². The van der Waals surface area contributed by atoms with E-state index < -0.39 is 11.7 Å². The minimum atomic E-state index is -4.47. The van der Waals surface area contributed by atoms with Crippen LogP contribution in [-0.4, -0.2) is 18.2 Å². The summed E-state index contributed by atoms with van der Waals surface area (Å²) in [5.41, 5.74) is -0.145. The van der Waals surface area contributed by atoms with E-state index in [9.17, 15) is 13.2 Å². The van der Waals surface area contributed by atoms with Gasteiger partial charge in [0.15, 0.2) is 11.5 Å². The minimum absolute atomic E-state index is 0.121. The Morgan fingerprint density at radius 3 is 2.79 bits per heavy atom. The topological polar surface area (TPSA) is 43.4 Å². The standard InChI is InChI=1S/C16H14ClF3N2O2/c17-12-7-10(8-13-14(12)24-6-2-5-23-13)9-22-15-11(16(18,19)20)3-1-4-21-15/h1,3-4,7-8H,2,5-6,9H2,(H,21,22). The molecule has 0 amide bonds. The number of hydrogen-bond acceptors (Lipinski definition) is 4. The minimum Gasteiger partial charge on any atom is -0.489 e. The third-order valence-electron chi connectivity index (χ3n) is 3.44. The van der Waals surface area contributed by atoms with Crippen LogP contribution in [-0.2, 0) is 12.7 Å².